The van der Waals surface area contributed by atoms with Crippen LogP contribution < -0.4 is 0 Å². The highest BCUT2D eigenvalue weighted by atomic mass is 32.1. The molecule has 0 atom stereocenters. The molecule has 1 saturated heterocycles. The minimum absolute atomic E-state index is 0.236. The summed E-state index contributed by atoms with van der Waals surface area (Å²) in [6.07, 6.45) is 0. The molecule has 0 spiro atoms. The molecule has 1 aromatic heterocycles. The van der Waals surface area contributed by atoms with E-state index in [1.807, 2.05) is 5.38 Å². The smallest absolute Gasteiger partial charge is 0.261 e. The standard InChI is InChI=1S/C17H17N3O3S/c21-16-13-3-1-2-4-14(13)17(22)20(16)10-15-18-12(11-24-15)9-19-5-7-23-8-6-19/h1-4,11H,5-10H2. The van der Waals surface area contributed by atoms with Crippen LogP contribution in [0, 0.1) is 0 Å². The summed E-state index contributed by atoms with van der Waals surface area (Å²) >= 11 is 1.49. The molecule has 0 unspecified atom stereocenters. The molecule has 2 aliphatic heterocycles. The zero-order valence-corrected chi connectivity index (χ0v) is 13.9. The van der Waals surface area contributed by atoms with Crippen molar-refractivity contribution in [1.82, 2.24) is 14.8 Å². The van der Waals surface area contributed by atoms with Gasteiger partial charge in [0.25, 0.3) is 11.8 Å². The van der Waals surface area contributed by atoms with Crippen LogP contribution >= 0.6 is 11.3 Å². The first-order valence-corrected chi connectivity index (χ1v) is 8.79. The lowest BCUT2D eigenvalue weighted by molar-refractivity contribution is 0.0337. The molecule has 0 saturated carbocycles. The summed E-state index contributed by atoms with van der Waals surface area (Å²) in [6, 6.07) is 6.94. The third-order valence-electron chi connectivity index (χ3n) is 4.26. The van der Waals surface area contributed by atoms with Crippen LogP contribution in [-0.4, -0.2) is 52.9 Å². The molecule has 4 rings (SSSR count). The fraction of sp³-hybridized carbons (Fsp3) is 0.353. The van der Waals surface area contributed by atoms with E-state index in [0.29, 0.717) is 11.1 Å². The predicted molar refractivity (Wildman–Crippen MR) is 88.9 cm³/mol. The predicted octanol–water partition coefficient (Wildman–Crippen LogP) is 1.77. The van der Waals surface area contributed by atoms with Crippen molar-refractivity contribution in [1.29, 1.82) is 0 Å². The fourth-order valence-electron chi connectivity index (χ4n) is 3.00. The average molecular weight is 343 g/mol. The van der Waals surface area contributed by atoms with Crippen molar-refractivity contribution >= 4 is 23.2 Å². The average Bonchev–Trinajstić information content (AvgIpc) is 3.15. The molecule has 1 aromatic carbocycles. The fourth-order valence-corrected chi connectivity index (χ4v) is 3.77. The van der Waals surface area contributed by atoms with Gasteiger partial charge in [0.05, 0.1) is 36.6 Å². The lowest BCUT2D eigenvalue weighted by atomic mass is 10.1. The van der Waals surface area contributed by atoms with Gasteiger partial charge in [0, 0.05) is 25.0 Å². The van der Waals surface area contributed by atoms with Crippen LogP contribution in [0.15, 0.2) is 29.6 Å². The Bertz CT molecular complexity index is 748. The van der Waals surface area contributed by atoms with Gasteiger partial charge in [-0.15, -0.1) is 11.3 Å². The van der Waals surface area contributed by atoms with E-state index in [4.69, 9.17) is 4.74 Å². The van der Waals surface area contributed by atoms with Crippen molar-refractivity contribution in [2.75, 3.05) is 26.3 Å². The van der Waals surface area contributed by atoms with Crippen LogP contribution in [0.25, 0.3) is 0 Å². The molecule has 0 radical (unpaired) electrons. The van der Waals surface area contributed by atoms with E-state index in [9.17, 15) is 9.59 Å². The first-order chi connectivity index (χ1) is 11.7. The Morgan fingerprint density at radius 2 is 1.71 bits per heavy atom. The van der Waals surface area contributed by atoms with Crippen LogP contribution in [0.4, 0.5) is 0 Å². The number of aromatic nitrogens is 1. The number of fused-ring (bicyclic) bond motifs is 1. The zero-order chi connectivity index (χ0) is 16.5. The minimum Gasteiger partial charge on any atom is -0.379 e. The number of imide groups is 1. The topological polar surface area (TPSA) is 62.7 Å². The number of amides is 2. The quantitative estimate of drug-likeness (QED) is 0.792. The summed E-state index contributed by atoms with van der Waals surface area (Å²) in [7, 11) is 0. The summed E-state index contributed by atoms with van der Waals surface area (Å²) in [4.78, 5) is 33.0. The second-order valence-electron chi connectivity index (χ2n) is 5.86. The monoisotopic (exact) mass is 343 g/mol. The first kappa shape index (κ1) is 15.4. The van der Waals surface area contributed by atoms with Crippen LogP contribution in [0.2, 0.25) is 0 Å². The van der Waals surface area contributed by atoms with E-state index >= 15 is 0 Å². The molecule has 0 aliphatic carbocycles. The summed E-state index contributed by atoms with van der Waals surface area (Å²) in [5.41, 5.74) is 1.94. The molecule has 2 aromatic rings. The zero-order valence-electron chi connectivity index (χ0n) is 13.1. The number of benzene rings is 1. The molecule has 124 valence electrons. The Hall–Kier alpha value is -2.09. The van der Waals surface area contributed by atoms with Crippen molar-refractivity contribution < 1.29 is 14.3 Å². The van der Waals surface area contributed by atoms with E-state index in [1.165, 1.54) is 16.2 Å². The van der Waals surface area contributed by atoms with Crippen LogP contribution in [-0.2, 0) is 17.8 Å². The summed E-state index contributed by atoms with van der Waals surface area (Å²) in [5, 5.41) is 2.79. The van der Waals surface area contributed by atoms with Crippen LogP contribution in [0.5, 0.6) is 0 Å². The molecule has 0 N–H and O–H groups in total. The van der Waals surface area contributed by atoms with Gasteiger partial charge in [-0.25, -0.2) is 4.98 Å². The summed E-state index contributed by atoms with van der Waals surface area (Å²) in [5.74, 6) is -0.471. The third kappa shape index (κ3) is 2.86. The third-order valence-corrected chi connectivity index (χ3v) is 5.14. The summed E-state index contributed by atoms with van der Waals surface area (Å²) < 4.78 is 5.34. The van der Waals surface area contributed by atoms with Gasteiger partial charge < -0.3 is 4.74 Å². The van der Waals surface area contributed by atoms with Gasteiger partial charge in [-0.05, 0) is 12.1 Å². The second-order valence-corrected chi connectivity index (χ2v) is 6.81. The van der Waals surface area contributed by atoms with Gasteiger partial charge in [0.15, 0.2) is 0 Å². The Balaban J connectivity index is 1.45. The van der Waals surface area contributed by atoms with Gasteiger partial charge in [-0.1, -0.05) is 12.1 Å². The van der Waals surface area contributed by atoms with Gasteiger partial charge in [0.2, 0.25) is 0 Å². The molecule has 2 aliphatic rings. The Morgan fingerprint density at radius 1 is 1.04 bits per heavy atom. The van der Waals surface area contributed by atoms with Gasteiger partial charge in [0.1, 0.15) is 5.01 Å². The molecule has 7 heteroatoms. The van der Waals surface area contributed by atoms with Crippen molar-refractivity contribution in [3.05, 3.63) is 51.5 Å². The Labute approximate surface area is 143 Å². The number of morpholine rings is 1. The number of hydrogen-bond acceptors (Lipinski definition) is 6. The Morgan fingerprint density at radius 3 is 2.38 bits per heavy atom. The van der Waals surface area contributed by atoms with E-state index < -0.39 is 0 Å². The SMILES string of the molecule is O=C1c2ccccc2C(=O)N1Cc1nc(CN2CCOCC2)cs1. The van der Waals surface area contributed by atoms with Crippen molar-refractivity contribution in [2.24, 2.45) is 0 Å². The molecular weight excluding hydrogens is 326 g/mol. The number of nitrogens with zero attached hydrogens (tertiary/aromatic N) is 3. The van der Waals surface area contributed by atoms with Crippen molar-refractivity contribution in [3.63, 3.8) is 0 Å². The first-order valence-electron chi connectivity index (χ1n) is 7.91. The molecule has 24 heavy (non-hydrogen) atoms. The highest BCUT2D eigenvalue weighted by Gasteiger charge is 2.35. The van der Waals surface area contributed by atoms with Gasteiger partial charge in [-0.2, -0.15) is 0 Å². The summed E-state index contributed by atoms with van der Waals surface area (Å²) in [6.45, 7) is 4.34. The number of rotatable bonds is 4. The molecule has 0 bridgehead atoms. The largest absolute Gasteiger partial charge is 0.379 e. The van der Waals surface area contributed by atoms with E-state index in [1.54, 1.807) is 24.3 Å². The van der Waals surface area contributed by atoms with Crippen LogP contribution in [0.1, 0.15) is 31.4 Å². The molecule has 6 nitrogen and oxygen atoms in total. The van der Waals surface area contributed by atoms with E-state index in [-0.39, 0.29) is 18.4 Å². The molecule has 1 fully saturated rings. The maximum atomic E-state index is 12.4. The lowest BCUT2D eigenvalue weighted by Gasteiger charge is -2.25. The molecule has 3 heterocycles. The number of carbonyl (C=O) groups is 2. The van der Waals surface area contributed by atoms with E-state index in [0.717, 1.165) is 43.5 Å². The van der Waals surface area contributed by atoms with E-state index in [2.05, 4.69) is 9.88 Å². The number of hydrogen-bond donors (Lipinski definition) is 0. The minimum atomic E-state index is -0.236. The maximum absolute atomic E-state index is 12.4. The molecule has 2 amide bonds. The number of carbonyl (C=O) groups excluding carboxylic acids is 2. The highest BCUT2D eigenvalue weighted by Crippen LogP contribution is 2.25. The number of thiazole rings is 1. The highest BCUT2D eigenvalue weighted by molar-refractivity contribution is 7.09. The van der Waals surface area contributed by atoms with Crippen LogP contribution in [0.3, 0.4) is 0 Å². The van der Waals surface area contributed by atoms with Gasteiger partial charge in [-0.3, -0.25) is 19.4 Å². The van der Waals surface area contributed by atoms with Crippen molar-refractivity contribution in [2.45, 2.75) is 13.1 Å². The normalized spacial score (nSPS) is 18.2. The van der Waals surface area contributed by atoms with Gasteiger partial charge >= 0.3 is 0 Å². The lowest BCUT2D eigenvalue weighted by Crippen LogP contribution is -2.35. The maximum Gasteiger partial charge on any atom is 0.261 e. The second kappa shape index (κ2) is 6.43. The number of ether oxygens (including phenoxy) is 1. The van der Waals surface area contributed by atoms with Crippen molar-refractivity contribution in [3.8, 4) is 0 Å². The Kier molecular flexibility index (Phi) is 4.13. The molecular formula is C17H17N3O3S.